The van der Waals surface area contributed by atoms with Crippen LogP contribution < -0.4 is 14.8 Å². The van der Waals surface area contributed by atoms with Gasteiger partial charge in [-0.1, -0.05) is 6.07 Å². The van der Waals surface area contributed by atoms with Gasteiger partial charge in [0.25, 0.3) is 5.91 Å². The fraction of sp³-hybridized carbons (Fsp3) is 0.421. The summed E-state index contributed by atoms with van der Waals surface area (Å²) < 4.78 is 10.6. The van der Waals surface area contributed by atoms with Gasteiger partial charge in [0.2, 0.25) is 0 Å². The molecule has 2 aromatic rings. The number of rotatable bonds is 8. The number of methoxy groups -OCH3 is 1. The van der Waals surface area contributed by atoms with E-state index in [4.69, 9.17) is 9.47 Å². The SMILES string of the molecule is COc1ccc(OCC(=O)NC[C@@H](c2cccs2)N2CCCC2)cc1. The maximum absolute atomic E-state index is 12.2. The highest BCUT2D eigenvalue weighted by atomic mass is 32.1. The largest absolute Gasteiger partial charge is 0.497 e. The molecule has 134 valence electrons. The van der Waals surface area contributed by atoms with Crippen molar-refractivity contribution < 1.29 is 14.3 Å². The smallest absolute Gasteiger partial charge is 0.258 e. The normalized spacial score (nSPS) is 15.7. The average molecular weight is 360 g/mol. The predicted molar refractivity (Wildman–Crippen MR) is 99.4 cm³/mol. The van der Waals surface area contributed by atoms with Crippen LogP contribution in [0.15, 0.2) is 41.8 Å². The fourth-order valence-corrected chi connectivity index (χ4v) is 3.89. The van der Waals surface area contributed by atoms with Crippen molar-refractivity contribution in [2.45, 2.75) is 18.9 Å². The molecule has 0 aliphatic carbocycles. The molecule has 1 aromatic carbocycles. The predicted octanol–water partition coefficient (Wildman–Crippen LogP) is 3.09. The highest BCUT2D eigenvalue weighted by molar-refractivity contribution is 7.10. The molecule has 25 heavy (non-hydrogen) atoms. The molecule has 1 fully saturated rings. The molecule has 1 N–H and O–H groups in total. The zero-order valence-electron chi connectivity index (χ0n) is 14.4. The Labute approximate surface area is 152 Å². The van der Waals surface area contributed by atoms with Gasteiger partial charge in [0.15, 0.2) is 6.61 Å². The van der Waals surface area contributed by atoms with E-state index in [2.05, 4.69) is 27.7 Å². The standard InChI is InChI=1S/C19H24N2O3S/c1-23-15-6-8-16(9-7-15)24-14-19(22)20-13-17(18-5-4-12-25-18)21-10-2-3-11-21/h4-9,12,17H,2-3,10-11,13-14H2,1H3,(H,20,22)/t17-/m0/s1. The van der Waals surface area contributed by atoms with Gasteiger partial charge < -0.3 is 14.8 Å². The van der Waals surface area contributed by atoms with Gasteiger partial charge in [-0.25, -0.2) is 0 Å². The maximum atomic E-state index is 12.2. The molecule has 1 aliphatic heterocycles. The van der Waals surface area contributed by atoms with Gasteiger partial charge in [0.1, 0.15) is 11.5 Å². The van der Waals surface area contributed by atoms with Crippen LogP contribution in [-0.2, 0) is 4.79 Å². The van der Waals surface area contributed by atoms with E-state index in [1.165, 1.54) is 17.7 Å². The summed E-state index contributed by atoms with van der Waals surface area (Å²) in [6.45, 7) is 2.83. The van der Waals surface area contributed by atoms with Crippen molar-refractivity contribution >= 4 is 17.2 Å². The van der Waals surface area contributed by atoms with Crippen molar-refractivity contribution in [3.05, 3.63) is 46.7 Å². The topological polar surface area (TPSA) is 50.8 Å². The van der Waals surface area contributed by atoms with Gasteiger partial charge in [0, 0.05) is 11.4 Å². The molecule has 5 nitrogen and oxygen atoms in total. The third-order valence-electron chi connectivity index (χ3n) is 4.37. The molecule has 0 saturated carbocycles. The van der Waals surface area contributed by atoms with E-state index in [-0.39, 0.29) is 18.6 Å². The summed E-state index contributed by atoms with van der Waals surface area (Å²) in [6.07, 6.45) is 2.47. The van der Waals surface area contributed by atoms with Crippen molar-refractivity contribution in [2.75, 3.05) is 33.4 Å². The van der Waals surface area contributed by atoms with Crippen LogP contribution in [-0.4, -0.2) is 44.2 Å². The summed E-state index contributed by atoms with van der Waals surface area (Å²) >= 11 is 1.75. The van der Waals surface area contributed by atoms with Crippen LogP contribution in [0.5, 0.6) is 11.5 Å². The van der Waals surface area contributed by atoms with E-state index < -0.39 is 0 Å². The quantitative estimate of drug-likeness (QED) is 0.786. The summed E-state index contributed by atoms with van der Waals surface area (Å²) in [7, 11) is 1.62. The molecule has 1 amide bonds. The van der Waals surface area contributed by atoms with Crippen molar-refractivity contribution in [3.63, 3.8) is 0 Å². The van der Waals surface area contributed by atoms with Crippen LogP contribution >= 0.6 is 11.3 Å². The summed E-state index contributed by atoms with van der Waals surface area (Å²) in [4.78, 5) is 15.9. The van der Waals surface area contributed by atoms with Gasteiger partial charge in [-0.05, 0) is 61.6 Å². The van der Waals surface area contributed by atoms with E-state index in [1.807, 2.05) is 12.1 Å². The number of hydrogen-bond acceptors (Lipinski definition) is 5. The van der Waals surface area contributed by atoms with Crippen LogP contribution in [0.3, 0.4) is 0 Å². The molecule has 2 heterocycles. The Hall–Kier alpha value is -2.05. The minimum absolute atomic E-state index is 0.0174. The van der Waals surface area contributed by atoms with Crippen LogP contribution in [0.25, 0.3) is 0 Å². The summed E-state index contributed by atoms with van der Waals surface area (Å²) in [6, 6.07) is 11.7. The number of amides is 1. The lowest BCUT2D eigenvalue weighted by molar-refractivity contribution is -0.123. The molecule has 0 unspecified atom stereocenters. The first-order chi connectivity index (χ1) is 12.3. The first kappa shape index (κ1) is 17.8. The average Bonchev–Trinajstić information content (AvgIpc) is 3.35. The lowest BCUT2D eigenvalue weighted by atomic mass is 10.2. The molecule has 1 saturated heterocycles. The van der Waals surface area contributed by atoms with E-state index in [0.717, 1.165) is 18.8 Å². The van der Waals surface area contributed by atoms with Crippen molar-refractivity contribution in [1.82, 2.24) is 10.2 Å². The molecule has 1 aliphatic rings. The maximum Gasteiger partial charge on any atom is 0.258 e. The van der Waals surface area contributed by atoms with Gasteiger partial charge in [-0.15, -0.1) is 11.3 Å². The van der Waals surface area contributed by atoms with Crippen molar-refractivity contribution in [3.8, 4) is 11.5 Å². The number of nitrogens with one attached hydrogen (secondary N) is 1. The van der Waals surface area contributed by atoms with Crippen LogP contribution in [0.4, 0.5) is 0 Å². The number of hydrogen-bond donors (Lipinski definition) is 1. The van der Waals surface area contributed by atoms with Gasteiger partial charge in [0.05, 0.1) is 13.2 Å². The number of nitrogens with zero attached hydrogens (tertiary/aromatic N) is 1. The van der Waals surface area contributed by atoms with Gasteiger partial charge >= 0.3 is 0 Å². The first-order valence-corrected chi connectivity index (χ1v) is 9.45. The molecule has 1 atom stereocenters. The van der Waals surface area contributed by atoms with Crippen molar-refractivity contribution in [2.24, 2.45) is 0 Å². The second-order valence-corrected chi connectivity index (χ2v) is 7.02. The summed E-state index contributed by atoms with van der Waals surface area (Å²) in [5, 5.41) is 5.11. The zero-order chi connectivity index (χ0) is 17.5. The Morgan fingerprint density at radius 2 is 1.92 bits per heavy atom. The molecular formula is C19H24N2O3S. The first-order valence-electron chi connectivity index (χ1n) is 8.57. The Balaban J connectivity index is 1.49. The number of benzene rings is 1. The highest BCUT2D eigenvalue weighted by Crippen LogP contribution is 2.27. The van der Waals surface area contributed by atoms with E-state index in [9.17, 15) is 4.79 Å². The lowest BCUT2D eigenvalue weighted by Crippen LogP contribution is -2.38. The van der Waals surface area contributed by atoms with Crippen LogP contribution in [0, 0.1) is 0 Å². The third-order valence-corrected chi connectivity index (χ3v) is 5.35. The van der Waals surface area contributed by atoms with E-state index in [0.29, 0.717) is 12.3 Å². The molecule has 6 heteroatoms. The molecule has 1 aromatic heterocycles. The monoisotopic (exact) mass is 360 g/mol. The molecule has 3 rings (SSSR count). The van der Waals surface area contributed by atoms with Crippen molar-refractivity contribution in [1.29, 1.82) is 0 Å². The second-order valence-electron chi connectivity index (χ2n) is 6.04. The Morgan fingerprint density at radius 1 is 1.20 bits per heavy atom. The van der Waals surface area contributed by atoms with Gasteiger partial charge in [-0.2, -0.15) is 0 Å². The molecule has 0 spiro atoms. The summed E-state index contributed by atoms with van der Waals surface area (Å²) in [5.74, 6) is 1.32. The highest BCUT2D eigenvalue weighted by Gasteiger charge is 2.24. The Morgan fingerprint density at radius 3 is 2.56 bits per heavy atom. The molecule has 0 bridgehead atoms. The third kappa shape index (κ3) is 4.96. The van der Waals surface area contributed by atoms with E-state index >= 15 is 0 Å². The molecule has 0 radical (unpaired) electrons. The second kappa shape index (κ2) is 8.87. The number of likely N-dealkylation sites (tertiary alicyclic amines) is 1. The van der Waals surface area contributed by atoms with E-state index in [1.54, 1.807) is 30.6 Å². The number of carbonyl (C=O) groups excluding carboxylic acids is 1. The number of thiophene rings is 1. The zero-order valence-corrected chi connectivity index (χ0v) is 15.3. The lowest BCUT2D eigenvalue weighted by Gasteiger charge is -2.26. The molecular weight excluding hydrogens is 336 g/mol. The minimum atomic E-state index is -0.100. The summed E-state index contributed by atoms with van der Waals surface area (Å²) in [5.41, 5.74) is 0. The number of carbonyl (C=O) groups is 1. The fourth-order valence-electron chi connectivity index (χ4n) is 3.03. The Kier molecular flexibility index (Phi) is 6.30. The Bertz CT molecular complexity index is 652. The van der Waals surface area contributed by atoms with Gasteiger partial charge in [-0.3, -0.25) is 9.69 Å². The van der Waals surface area contributed by atoms with Crippen LogP contribution in [0.1, 0.15) is 23.8 Å². The van der Waals surface area contributed by atoms with Crippen LogP contribution in [0.2, 0.25) is 0 Å². The minimum Gasteiger partial charge on any atom is -0.497 e. The number of ether oxygens (including phenoxy) is 2.